The van der Waals surface area contributed by atoms with Crippen molar-refractivity contribution in [2.45, 2.75) is 51.9 Å². The van der Waals surface area contributed by atoms with Crippen LogP contribution in [0.25, 0.3) is 0 Å². The van der Waals surface area contributed by atoms with Crippen LogP contribution in [0.15, 0.2) is 18.0 Å². The van der Waals surface area contributed by atoms with E-state index in [4.69, 9.17) is 11.6 Å². The van der Waals surface area contributed by atoms with Gasteiger partial charge in [-0.1, -0.05) is 37.1 Å². The maximum absolute atomic E-state index is 6.15. The first-order valence-corrected chi connectivity index (χ1v) is 7.48. The van der Waals surface area contributed by atoms with Crippen molar-refractivity contribution in [1.29, 1.82) is 0 Å². The van der Waals surface area contributed by atoms with Crippen LogP contribution < -0.4 is 5.32 Å². The van der Waals surface area contributed by atoms with Gasteiger partial charge >= 0.3 is 0 Å². The molecule has 0 aliphatic heterocycles. The highest BCUT2D eigenvalue weighted by molar-refractivity contribution is 6.30. The van der Waals surface area contributed by atoms with E-state index in [9.17, 15) is 0 Å². The summed E-state index contributed by atoms with van der Waals surface area (Å²) in [6.45, 7) is 5.14. The Labute approximate surface area is 120 Å². The molecule has 0 spiro atoms. The maximum Gasteiger partial charge on any atom is 0.138 e. The Kier molecular flexibility index (Phi) is 5.20. The molecule has 0 saturated heterocycles. The minimum absolute atomic E-state index is 0.324. The summed E-state index contributed by atoms with van der Waals surface area (Å²) in [5.74, 6) is 1.21. The van der Waals surface area contributed by atoms with Gasteiger partial charge in [-0.05, 0) is 38.0 Å². The first-order valence-electron chi connectivity index (χ1n) is 7.10. The molecule has 0 unspecified atom stereocenters. The van der Waals surface area contributed by atoms with Crippen molar-refractivity contribution >= 4 is 17.4 Å². The number of allylic oxidation sites excluding steroid dienone is 1. The van der Waals surface area contributed by atoms with Crippen LogP contribution in [0.4, 0.5) is 5.82 Å². The van der Waals surface area contributed by atoms with Gasteiger partial charge in [-0.3, -0.25) is 0 Å². The third-order valence-corrected chi connectivity index (χ3v) is 3.84. The minimum atomic E-state index is 0.324. The lowest BCUT2D eigenvalue weighted by atomic mass is 9.97. The monoisotopic (exact) mass is 279 g/mol. The zero-order valence-electron chi connectivity index (χ0n) is 11.7. The summed E-state index contributed by atoms with van der Waals surface area (Å²) in [5.41, 5.74) is 2.59. The second kappa shape index (κ2) is 6.90. The van der Waals surface area contributed by atoms with Crippen LogP contribution in [0.3, 0.4) is 0 Å². The zero-order valence-corrected chi connectivity index (χ0v) is 12.5. The SMILES string of the molecule is CC(C)c1c(Cl)ncnc1NCCC1=CCCCC1. The van der Waals surface area contributed by atoms with E-state index in [-0.39, 0.29) is 0 Å². The number of hydrogen-bond donors (Lipinski definition) is 1. The van der Waals surface area contributed by atoms with Gasteiger partial charge in [-0.15, -0.1) is 0 Å². The first-order chi connectivity index (χ1) is 9.18. The quantitative estimate of drug-likeness (QED) is 0.634. The number of nitrogens with one attached hydrogen (secondary N) is 1. The van der Waals surface area contributed by atoms with Gasteiger partial charge in [0.25, 0.3) is 0 Å². The van der Waals surface area contributed by atoms with Crippen LogP contribution in [-0.2, 0) is 0 Å². The van der Waals surface area contributed by atoms with Crippen LogP contribution in [-0.4, -0.2) is 16.5 Å². The summed E-state index contributed by atoms with van der Waals surface area (Å²) < 4.78 is 0. The lowest BCUT2D eigenvalue weighted by molar-refractivity contribution is 0.679. The Morgan fingerprint density at radius 3 is 2.84 bits per heavy atom. The summed E-state index contributed by atoms with van der Waals surface area (Å²) in [6.07, 6.45) is 10.2. The molecule has 0 amide bonds. The molecule has 1 aromatic rings. The highest BCUT2D eigenvalue weighted by Crippen LogP contribution is 2.28. The van der Waals surface area contributed by atoms with Crippen molar-refractivity contribution in [2.75, 3.05) is 11.9 Å². The number of hydrogen-bond acceptors (Lipinski definition) is 3. The van der Waals surface area contributed by atoms with Crippen LogP contribution in [0.5, 0.6) is 0 Å². The van der Waals surface area contributed by atoms with E-state index in [0.29, 0.717) is 11.1 Å². The lowest BCUT2D eigenvalue weighted by Crippen LogP contribution is -2.09. The minimum Gasteiger partial charge on any atom is -0.369 e. The highest BCUT2D eigenvalue weighted by atomic mass is 35.5. The summed E-state index contributed by atoms with van der Waals surface area (Å²) >= 11 is 6.15. The molecule has 0 atom stereocenters. The molecule has 0 radical (unpaired) electrons. The van der Waals surface area contributed by atoms with Crippen LogP contribution in [0, 0.1) is 0 Å². The maximum atomic E-state index is 6.15. The Bertz CT molecular complexity index is 455. The first kappa shape index (κ1) is 14.3. The third-order valence-electron chi connectivity index (χ3n) is 3.54. The van der Waals surface area contributed by atoms with E-state index in [2.05, 4.69) is 35.2 Å². The predicted molar refractivity (Wildman–Crippen MR) is 80.8 cm³/mol. The topological polar surface area (TPSA) is 37.8 Å². The molecule has 0 fully saturated rings. The average Bonchev–Trinajstić information content (AvgIpc) is 2.39. The molecule has 1 aromatic heterocycles. The number of rotatable bonds is 5. The number of anilines is 1. The smallest absolute Gasteiger partial charge is 0.138 e. The predicted octanol–water partition coefficient (Wildman–Crippen LogP) is 4.56. The fraction of sp³-hybridized carbons (Fsp3) is 0.600. The molecular formula is C15H22ClN3. The van der Waals surface area contributed by atoms with Crippen molar-refractivity contribution < 1.29 is 0 Å². The highest BCUT2D eigenvalue weighted by Gasteiger charge is 2.13. The molecule has 4 heteroatoms. The molecule has 104 valence electrons. The molecule has 1 heterocycles. The second-order valence-corrected chi connectivity index (χ2v) is 5.72. The molecule has 1 N–H and O–H groups in total. The zero-order chi connectivity index (χ0) is 13.7. The van der Waals surface area contributed by atoms with E-state index in [0.717, 1.165) is 24.3 Å². The Morgan fingerprint density at radius 1 is 1.32 bits per heavy atom. The van der Waals surface area contributed by atoms with Gasteiger partial charge in [-0.2, -0.15) is 0 Å². The van der Waals surface area contributed by atoms with Gasteiger partial charge in [-0.25, -0.2) is 9.97 Å². The third kappa shape index (κ3) is 3.93. The van der Waals surface area contributed by atoms with Crippen LogP contribution in [0.1, 0.15) is 57.4 Å². The van der Waals surface area contributed by atoms with Crippen molar-refractivity contribution in [1.82, 2.24) is 9.97 Å². The molecular weight excluding hydrogens is 258 g/mol. The Hall–Kier alpha value is -1.09. The molecule has 0 aromatic carbocycles. The van der Waals surface area contributed by atoms with E-state index in [1.165, 1.54) is 32.0 Å². The van der Waals surface area contributed by atoms with E-state index >= 15 is 0 Å². The fourth-order valence-electron chi connectivity index (χ4n) is 2.50. The Morgan fingerprint density at radius 2 is 2.16 bits per heavy atom. The van der Waals surface area contributed by atoms with Crippen molar-refractivity contribution in [3.63, 3.8) is 0 Å². The van der Waals surface area contributed by atoms with Crippen LogP contribution >= 0.6 is 11.6 Å². The van der Waals surface area contributed by atoms with Gasteiger partial charge in [0.15, 0.2) is 0 Å². The van der Waals surface area contributed by atoms with Gasteiger partial charge in [0.05, 0.1) is 0 Å². The molecule has 2 rings (SSSR count). The van der Waals surface area contributed by atoms with Crippen LogP contribution in [0.2, 0.25) is 5.15 Å². The molecule has 0 bridgehead atoms. The van der Waals surface area contributed by atoms with Gasteiger partial charge in [0.2, 0.25) is 0 Å². The van der Waals surface area contributed by atoms with Crippen molar-refractivity contribution in [2.24, 2.45) is 0 Å². The standard InChI is InChI=1S/C15H22ClN3/c1-11(2)13-14(16)18-10-19-15(13)17-9-8-12-6-4-3-5-7-12/h6,10-11H,3-5,7-9H2,1-2H3,(H,17,18,19). The lowest BCUT2D eigenvalue weighted by Gasteiger charge is -2.16. The van der Waals surface area contributed by atoms with Crippen molar-refractivity contribution in [3.05, 3.63) is 28.7 Å². The normalized spacial score (nSPS) is 15.5. The fourth-order valence-corrected chi connectivity index (χ4v) is 2.85. The largest absolute Gasteiger partial charge is 0.369 e. The van der Waals surface area contributed by atoms with Gasteiger partial charge in [0, 0.05) is 12.1 Å². The summed E-state index contributed by atoms with van der Waals surface area (Å²) in [7, 11) is 0. The van der Waals surface area contributed by atoms with E-state index < -0.39 is 0 Å². The average molecular weight is 280 g/mol. The molecule has 1 aliphatic carbocycles. The molecule has 19 heavy (non-hydrogen) atoms. The number of aromatic nitrogens is 2. The summed E-state index contributed by atoms with van der Waals surface area (Å²) in [5, 5.41) is 3.97. The molecule has 3 nitrogen and oxygen atoms in total. The van der Waals surface area contributed by atoms with E-state index in [1.807, 2.05) is 0 Å². The van der Waals surface area contributed by atoms with Crippen molar-refractivity contribution in [3.8, 4) is 0 Å². The molecule has 1 aliphatic rings. The Balaban J connectivity index is 1.95. The number of nitrogens with zero attached hydrogens (tertiary/aromatic N) is 2. The molecule has 0 saturated carbocycles. The number of halogens is 1. The summed E-state index contributed by atoms with van der Waals surface area (Å²) in [4.78, 5) is 8.38. The van der Waals surface area contributed by atoms with Gasteiger partial charge in [0.1, 0.15) is 17.3 Å². The van der Waals surface area contributed by atoms with Gasteiger partial charge < -0.3 is 5.32 Å². The summed E-state index contributed by atoms with van der Waals surface area (Å²) in [6, 6.07) is 0. The second-order valence-electron chi connectivity index (χ2n) is 5.37. The van der Waals surface area contributed by atoms with E-state index in [1.54, 1.807) is 5.57 Å².